The average molecular weight is 550 g/mol. The Morgan fingerprint density at radius 2 is 1.79 bits per heavy atom. The van der Waals surface area contributed by atoms with Crippen molar-refractivity contribution in [1.29, 1.82) is 5.26 Å². The molecule has 0 aliphatic carbocycles. The number of carbonyl (C=O) groups is 1. The molecule has 1 N–H and O–H groups in total. The summed E-state index contributed by atoms with van der Waals surface area (Å²) in [6.07, 6.45) is 3.47. The normalized spacial score (nSPS) is 21.0. The Labute approximate surface area is 232 Å². The molecule has 39 heavy (non-hydrogen) atoms. The van der Waals surface area contributed by atoms with Crippen molar-refractivity contribution in [2.45, 2.75) is 83.6 Å². The van der Waals surface area contributed by atoms with E-state index in [1.165, 1.54) is 29.5 Å². The van der Waals surface area contributed by atoms with Crippen LogP contribution in [0.25, 0.3) is 21.6 Å². The van der Waals surface area contributed by atoms with Crippen molar-refractivity contribution >= 4 is 17.4 Å². The van der Waals surface area contributed by atoms with Gasteiger partial charge in [-0.15, -0.1) is 11.3 Å². The van der Waals surface area contributed by atoms with Crippen LogP contribution in [0.1, 0.15) is 62.5 Å². The second-order valence-corrected chi connectivity index (χ2v) is 12.8. The van der Waals surface area contributed by atoms with Crippen molar-refractivity contribution in [3.05, 3.63) is 70.1 Å². The maximum atomic E-state index is 15.1. The number of halogens is 2. The fraction of sp³-hybridized carbons (Fsp3) is 0.419. The smallest absolute Gasteiger partial charge is 0.407 e. The van der Waals surface area contributed by atoms with E-state index in [1.807, 2.05) is 45.9 Å². The molecule has 3 aromatic rings. The quantitative estimate of drug-likeness (QED) is 0.357. The van der Waals surface area contributed by atoms with Crippen LogP contribution in [0.2, 0.25) is 0 Å². The summed E-state index contributed by atoms with van der Waals surface area (Å²) in [6, 6.07) is 14.4. The number of nitrogens with zero attached hydrogens (tertiary/aromatic N) is 2. The number of nitriles is 1. The monoisotopic (exact) mass is 549 g/mol. The van der Waals surface area contributed by atoms with Gasteiger partial charge in [-0.25, -0.2) is 13.6 Å². The molecule has 2 aromatic carbocycles. The number of carbonyl (C=O) groups excluding carboxylic acids is 1. The molecule has 0 spiro atoms. The first-order chi connectivity index (χ1) is 18.5. The number of hydrogen-bond donors (Lipinski definition) is 1. The fourth-order valence-corrected chi connectivity index (χ4v) is 7.03. The maximum Gasteiger partial charge on any atom is 0.407 e. The summed E-state index contributed by atoms with van der Waals surface area (Å²) < 4.78 is 35.1. The third-order valence-corrected chi connectivity index (χ3v) is 8.65. The summed E-state index contributed by atoms with van der Waals surface area (Å²) in [7, 11) is 0. The number of amides is 1. The predicted molar refractivity (Wildman–Crippen MR) is 149 cm³/mol. The molecule has 2 aliphatic rings. The van der Waals surface area contributed by atoms with Crippen molar-refractivity contribution in [1.82, 2.24) is 10.2 Å². The van der Waals surface area contributed by atoms with E-state index < -0.39 is 11.4 Å². The minimum Gasteiger partial charge on any atom is -0.444 e. The summed E-state index contributed by atoms with van der Waals surface area (Å²) in [5.74, 6) is -0.899. The molecule has 0 saturated carbocycles. The molecule has 8 heteroatoms. The maximum absolute atomic E-state index is 15.1. The topological polar surface area (TPSA) is 65.4 Å². The second-order valence-electron chi connectivity index (χ2n) is 11.6. The third-order valence-electron chi connectivity index (χ3n) is 7.50. The van der Waals surface area contributed by atoms with Gasteiger partial charge in [0.05, 0.1) is 5.56 Å². The van der Waals surface area contributed by atoms with E-state index in [-0.39, 0.29) is 23.5 Å². The minimum absolute atomic E-state index is 0.0169. The molecule has 1 aromatic heterocycles. The van der Waals surface area contributed by atoms with Gasteiger partial charge in [0, 0.05) is 45.6 Å². The molecular weight excluding hydrogens is 516 g/mol. The van der Waals surface area contributed by atoms with Crippen LogP contribution in [0.3, 0.4) is 0 Å². The molecule has 2 fully saturated rings. The SMILES string of the molecule is Cc1ccc(-c2sc(CN3C4CCC3CC(NC(=O)OC(C)(C)C)C4)cc2-c2ccc(C#N)c(F)c2)c(F)c1. The van der Waals surface area contributed by atoms with Gasteiger partial charge in [0.15, 0.2) is 0 Å². The van der Waals surface area contributed by atoms with E-state index in [0.29, 0.717) is 29.8 Å². The third kappa shape index (κ3) is 6.00. The Hall–Kier alpha value is -3.28. The average Bonchev–Trinajstić information content (AvgIpc) is 3.35. The highest BCUT2D eigenvalue weighted by molar-refractivity contribution is 7.16. The summed E-state index contributed by atoms with van der Waals surface area (Å²) in [5, 5.41) is 12.2. The lowest BCUT2D eigenvalue weighted by atomic mass is 9.97. The van der Waals surface area contributed by atoms with Crippen molar-refractivity contribution in [3.8, 4) is 27.6 Å². The van der Waals surface area contributed by atoms with Crippen LogP contribution in [0, 0.1) is 29.9 Å². The van der Waals surface area contributed by atoms with E-state index in [1.54, 1.807) is 12.1 Å². The highest BCUT2D eigenvalue weighted by Gasteiger charge is 2.41. The number of piperidine rings is 1. The van der Waals surface area contributed by atoms with E-state index in [2.05, 4.69) is 10.2 Å². The first kappa shape index (κ1) is 27.3. The highest BCUT2D eigenvalue weighted by Crippen LogP contribution is 2.44. The van der Waals surface area contributed by atoms with Crippen LogP contribution >= 0.6 is 11.3 Å². The number of aryl methyl sites for hydroxylation is 1. The molecule has 2 aliphatic heterocycles. The molecule has 1 amide bonds. The van der Waals surface area contributed by atoms with Crippen LogP contribution in [-0.4, -0.2) is 34.7 Å². The summed E-state index contributed by atoms with van der Waals surface area (Å²) in [4.78, 5) is 16.7. The van der Waals surface area contributed by atoms with E-state index in [4.69, 9.17) is 10.00 Å². The number of benzene rings is 2. The Morgan fingerprint density at radius 1 is 1.08 bits per heavy atom. The molecule has 2 atom stereocenters. The predicted octanol–water partition coefficient (Wildman–Crippen LogP) is 7.56. The summed E-state index contributed by atoms with van der Waals surface area (Å²) >= 11 is 1.53. The molecule has 3 heterocycles. The van der Waals surface area contributed by atoms with Gasteiger partial charge in [0.2, 0.25) is 0 Å². The van der Waals surface area contributed by atoms with Gasteiger partial charge in [-0.05, 0) is 88.8 Å². The van der Waals surface area contributed by atoms with Crippen molar-refractivity contribution in [2.24, 2.45) is 0 Å². The molecule has 0 radical (unpaired) electrons. The number of fused-ring (bicyclic) bond motifs is 2. The number of ether oxygens (including phenoxy) is 1. The number of nitrogens with one attached hydrogen (secondary N) is 1. The van der Waals surface area contributed by atoms with Crippen LogP contribution in [0.15, 0.2) is 42.5 Å². The number of rotatable bonds is 5. The number of thiophene rings is 1. The van der Waals surface area contributed by atoms with E-state index in [0.717, 1.165) is 46.6 Å². The van der Waals surface area contributed by atoms with Crippen molar-refractivity contribution in [2.75, 3.05) is 0 Å². The molecule has 5 rings (SSSR count). The Bertz CT molecular complexity index is 1420. The van der Waals surface area contributed by atoms with Gasteiger partial charge < -0.3 is 10.1 Å². The first-order valence-electron chi connectivity index (χ1n) is 13.3. The summed E-state index contributed by atoms with van der Waals surface area (Å²) in [6.45, 7) is 8.13. The van der Waals surface area contributed by atoms with Gasteiger partial charge in [-0.3, -0.25) is 4.90 Å². The molecule has 2 unspecified atom stereocenters. The van der Waals surface area contributed by atoms with E-state index >= 15 is 4.39 Å². The van der Waals surface area contributed by atoms with Crippen molar-refractivity contribution < 1.29 is 18.3 Å². The largest absolute Gasteiger partial charge is 0.444 e. The zero-order chi connectivity index (χ0) is 27.9. The lowest BCUT2D eigenvalue weighted by molar-refractivity contribution is 0.0437. The van der Waals surface area contributed by atoms with Gasteiger partial charge in [-0.2, -0.15) is 5.26 Å². The Morgan fingerprint density at radius 3 is 2.41 bits per heavy atom. The zero-order valence-electron chi connectivity index (χ0n) is 22.7. The lowest BCUT2D eigenvalue weighted by Crippen LogP contribution is -2.50. The molecule has 2 bridgehead atoms. The van der Waals surface area contributed by atoms with Crippen LogP contribution < -0.4 is 5.32 Å². The molecular formula is C31H33F2N3O2S. The second kappa shape index (κ2) is 10.7. The van der Waals surface area contributed by atoms with E-state index in [9.17, 15) is 9.18 Å². The fourth-order valence-electron chi connectivity index (χ4n) is 5.82. The lowest BCUT2D eigenvalue weighted by Gasteiger charge is -2.39. The number of hydrogen-bond acceptors (Lipinski definition) is 5. The van der Waals surface area contributed by atoms with Gasteiger partial charge in [-0.1, -0.05) is 18.2 Å². The zero-order valence-corrected chi connectivity index (χ0v) is 23.5. The molecule has 5 nitrogen and oxygen atoms in total. The van der Waals surface area contributed by atoms with Crippen LogP contribution in [0.4, 0.5) is 13.6 Å². The number of alkyl carbamates (subject to hydrolysis) is 1. The Balaban J connectivity index is 1.40. The van der Waals surface area contributed by atoms with Gasteiger partial charge >= 0.3 is 6.09 Å². The summed E-state index contributed by atoms with van der Waals surface area (Å²) in [5.41, 5.74) is 2.14. The standard InChI is InChI=1S/C31H33F2N3O2S/c1-18-5-10-25(28(33)11-18)29-26(19-6-7-20(16-34)27(32)12-19)15-24(39-29)17-36-22-8-9-23(36)14-21(13-22)35-30(37)38-31(2,3)4/h5-7,10-12,15,21-23H,8-9,13-14,17H2,1-4H3,(H,35,37). The van der Waals surface area contributed by atoms with Crippen LogP contribution in [0.5, 0.6) is 0 Å². The minimum atomic E-state index is -0.587. The van der Waals surface area contributed by atoms with Gasteiger partial charge in [0.25, 0.3) is 0 Å². The molecule has 204 valence electrons. The first-order valence-corrected chi connectivity index (χ1v) is 14.2. The Kier molecular flexibility index (Phi) is 7.49. The highest BCUT2D eigenvalue weighted by atomic mass is 32.1. The van der Waals surface area contributed by atoms with Crippen molar-refractivity contribution in [3.63, 3.8) is 0 Å². The van der Waals surface area contributed by atoms with Gasteiger partial charge in [0.1, 0.15) is 23.3 Å². The molecule has 2 saturated heterocycles. The van der Waals surface area contributed by atoms with Crippen LogP contribution in [-0.2, 0) is 11.3 Å².